The van der Waals surface area contributed by atoms with Crippen molar-refractivity contribution >= 4 is 66.1 Å². The Bertz CT molecular complexity index is 825. The first-order valence-corrected chi connectivity index (χ1v) is 10.2. The van der Waals surface area contributed by atoms with Gasteiger partial charge in [-0.15, -0.1) is 22.7 Å². The van der Waals surface area contributed by atoms with Gasteiger partial charge in [-0.25, -0.2) is 9.97 Å². The molecular formula is C15H16BrClN4OS2. The highest BCUT2D eigenvalue weighted by Crippen LogP contribution is 2.40. The number of pyridine rings is 1. The van der Waals surface area contributed by atoms with Crippen LogP contribution in [-0.4, -0.2) is 27.7 Å². The molecule has 0 amide bonds. The van der Waals surface area contributed by atoms with E-state index in [0.29, 0.717) is 24.5 Å². The number of fused-ring (bicyclic) bond motifs is 1. The van der Waals surface area contributed by atoms with Crippen LogP contribution in [0.15, 0.2) is 22.1 Å². The maximum atomic E-state index is 9.03. The molecule has 4 N–H and O–H groups in total. The predicted molar refractivity (Wildman–Crippen MR) is 105 cm³/mol. The van der Waals surface area contributed by atoms with Crippen molar-refractivity contribution in [2.45, 2.75) is 25.4 Å². The fraction of sp³-hybridized carbons (Fsp3) is 0.333. The fourth-order valence-corrected chi connectivity index (χ4v) is 5.12. The summed E-state index contributed by atoms with van der Waals surface area (Å²) >= 11 is 13.1. The Hall–Kier alpha value is -0.770. The van der Waals surface area contributed by atoms with Crippen LogP contribution >= 0.6 is 50.2 Å². The summed E-state index contributed by atoms with van der Waals surface area (Å²) in [6.45, 7) is 0.733. The van der Waals surface area contributed by atoms with Crippen molar-refractivity contribution in [2.24, 2.45) is 5.73 Å². The molecule has 0 bridgehead atoms. The number of hydrogen-bond donors (Lipinski definition) is 3. The summed E-state index contributed by atoms with van der Waals surface area (Å²) in [4.78, 5) is 9.83. The van der Waals surface area contributed by atoms with Gasteiger partial charge in [-0.3, -0.25) is 0 Å². The van der Waals surface area contributed by atoms with Gasteiger partial charge in [0.05, 0.1) is 26.9 Å². The van der Waals surface area contributed by atoms with Gasteiger partial charge in [0.2, 0.25) is 0 Å². The Morgan fingerprint density at radius 3 is 3.00 bits per heavy atom. The monoisotopic (exact) mass is 446 g/mol. The van der Waals surface area contributed by atoms with Crippen molar-refractivity contribution in [3.8, 4) is 0 Å². The van der Waals surface area contributed by atoms with Gasteiger partial charge >= 0.3 is 0 Å². The van der Waals surface area contributed by atoms with E-state index in [9.17, 15) is 0 Å². The number of aliphatic hydroxyl groups is 1. The van der Waals surface area contributed by atoms with Gasteiger partial charge in [0, 0.05) is 35.2 Å². The van der Waals surface area contributed by atoms with E-state index in [4.69, 9.17) is 22.4 Å². The maximum Gasteiger partial charge on any atom is 0.131 e. The van der Waals surface area contributed by atoms with Crippen LogP contribution in [0.1, 0.15) is 16.3 Å². The predicted octanol–water partition coefficient (Wildman–Crippen LogP) is 4.03. The third-order valence-corrected chi connectivity index (χ3v) is 6.81. The number of rotatable bonds is 7. The van der Waals surface area contributed by atoms with Crippen molar-refractivity contribution in [1.82, 2.24) is 9.97 Å². The minimum atomic E-state index is -0.0819. The molecule has 3 aromatic heterocycles. The second-order valence-corrected chi connectivity index (χ2v) is 8.53. The Kier molecular flexibility index (Phi) is 6.07. The molecule has 0 unspecified atom stereocenters. The molecule has 0 saturated heterocycles. The van der Waals surface area contributed by atoms with Crippen LogP contribution in [-0.2, 0) is 13.0 Å². The van der Waals surface area contributed by atoms with Crippen LogP contribution in [0.3, 0.4) is 0 Å². The number of nitrogens with one attached hydrogen (secondary N) is 1. The van der Waals surface area contributed by atoms with Gasteiger partial charge < -0.3 is 16.2 Å². The lowest BCUT2D eigenvalue weighted by molar-refractivity contribution is 0.275. The zero-order chi connectivity index (χ0) is 17.1. The molecule has 0 aromatic carbocycles. The summed E-state index contributed by atoms with van der Waals surface area (Å²) in [5, 5.41) is 15.8. The molecule has 128 valence electrons. The molecular weight excluding hydrogens is 432 g/mol. The number of aliphatic hydroxyl groups excluding tert-OH is 1. The molecule has 9 heteroatoms. The number of nitrogens with zero attached hydrogens (tertiary/aromatic N) is 2. The molecule has 0 aliphatic carbocycles. The highest BCUT2D eigenvalue weighted by Gasteiger charge is 2.17. The minimum Gasteiger partial charge on any atom is -0.396 e. The van der Waals surface area contributed by atoms with Crippen LogP contribution in [0.25, 0.3) is 10.2 Å². The zero-order valence-electron chi connectivity index (χ0n) is 12.6. The first-order valence-electron chi connectivity index (χ1n) is 7.34. The van der Waals surface area contributed by atoms with Gasteiger partial charge in [0.15, 0.2) is 0 Å². The summed E-state index contributed by atoms with van der Waals surface area (Å²) in [5.41, 5.74) is 7.83. The average molecular weight is 448 g/mol. The minimum absolute atomic E-state index is 0.0819. The van der Waals surface area contributed by atoms with Crippen LogP contribution < -0.4 is 11.1 Å². The molecule has 0 spiro atoms. The maximum absolute atomic E-state index is 9.03. The molecule has 1 atom stereocenters. The number of anilines is 1. The topological polar surface area (TPSA) is 84.1 Å². The van der Waals surface area contributed by atoms with Gasteiger partial charge in [0.25, 0.3) is 0 Å². The van der Waals surface area contributed by atoms with E-state index in [1.165, 1.54) is 0 Å². The molecule has 0 radical (unpaired) electrons. The normalized spacial score (nSPS) is 12.7. The summed E-state index contributed by atoms with van der Waals surface area (Å²) in [7, 11) is 0. The van der Waals surface area contributed by atoms with Crippen LogP contribution in [0.2, 0.25) is 5.15 Å². The smallest absolute Gasteiger partial charge is 0.131 e. The molecule has 0 fully saturated rings. The van der Waals surface area contributed by atoms with Crippen molar-refractivity contribution in [3.05, 3.63) is 37.2 Å². The van der Waals surface area contributed by atoms with E-state index in [1.807, 2.05) is 11.4 Å². The summed E-state index contributed by atoms with van der Waals surface area (Å²) in [5.74, 6) is 0. The summed E-state index contributed by atoms with van der Waals surface area (Å²) in [6.07, 6.45) is 3.05. The molecule has 3 aromatic rings. The van der Waals surface area contributed by atoms with E-state index in [2.05, 4.69) is 31.2 Å². The molecule has 24 heavy (non-hydrogen) atoms. The van der Waals surface area contributed by atoms with Crippen molar-refractivity contribution in [3.63, 3.8) is 0 Å². The number of hydrogen-bond acceptors (Lipinski definition) is 7. The van der Waals surface area contributed by atoms with Crippen molar-refractivity contribution < 1.29 is 5.11 Å². The number of halogens is 2. The third kappa shape index (κ3) is 4.07. The van der Waals surface area contributed by atoms with E-state index in [1.54, 1.807) is 28.9 Å². The molecule has 3 rings (SSSR count). The van der Waals surface area contributed by atoms with Crippen molar-refractivity contribution in [1.29, 1.82) is 0 Å². The highest BCUT2D eigenvalue weighted by atomic mass is 79.9. The first-order chi connectivity index (χ1) is 11.6. The van der Waals surface area contributed by atoms with Gasteiger partial charge in [-0.05, 0) is 28.8 Å². The summed E-state index contributed by atoms with van der Waals surface area (Å²) < 4.78 is 1.96. The number of nitrogens with two attached hydrogens (primary N) is 1. The average Bonchev–Trinajstić information content (AvgIpc) is 3.15. The van der Waals surface area contributed by atoms with Crippen LogP contribution in [0.4, 0.5) is 5.69 Å². The number of thiophene rings is 1. The third-order valence-electron chi connectivity index (χ3n) is 3.48. The second kappa shape index (κ2) is 8.07. The van der Waals surface area contributed by atoms with E-state index >= 15 is 0 Å². The van der Waals surface area contributed by atoms with Crippen LogP contribution in [0.5, 0.6) is 0 Å². The Labute approximate surface area is 161 Å². The fourth-order valence-electron chi connectivity index (χ4n) is 2.33. The lowest BCUT2D eigenvalue weighted by Crippen LogP contribution is -2.23. The number of aromatic nitrogens is 2. The lowest BCUT2D eigenvalue weighted by Gasteiger charge is -2.07. The van der Waals surface area contributed by atoms with Gasteiger partial charge in [-0.1, -0.05) is 11.6 Å². The van der Waals surface area contributed by atoms with Crippen molar-refractivity contribution in [2.75, 3.05) is 11.9 Å². The molecule has 0 aliphatic rings. The van der Waals surface area contributed by atoms with Crippen LogP contribution in [0, 0.1) is 0 Å². The molecule has 5 nitrogen and oxygen atoms in total. The first kappa shape index (κ1) is 18.0. The lowest BCUT2D eigenvalue weighted by atomic mass is 10.1. The van der Waals surface area contributed by atoms with Gasteiger partial charge in [0.1, 0.15) is 10.2 Å². The van der Waals surface area contributed by atoms with Gasteiger partial charge in [-0.2, -0.15) is 0 Å². The van der Waals surface area contributed by atoms with E-state index in [-0.39, 0.29) is 12.6 Å². The standard InChI is InChI=1S/C15H16BrClN4OS2/c16-13-10(5-8(18)1-3-22)24-15-9(6-11(17)21-14(13)15)20-7-12-19-2-4-23-12/h2,4,6,8,22H,1,3,5,7,18H2,(H,20,21)/t8-/m0/s1. The van der Waals surface area contributed by atoms with E-state index in [0.717, 1.165) is 30.3 Å². The summed E-state index contributed by atoms with van der Waals surface area (Å²) in [6, 6.07) is 1.75. The molecule has 0 saturated carbocycles. The Morgan fingerprint density at radius 1 is 1.46 bits per heavy atom. The SMILES string of the molecule is N[C@@H](CCO)Cc1sc2c(NCc3nccs3)cc(Cl)nc2c1Br. The zero-order valence-corrected chi connectivity index (χ0v) is 16.6. The Balaban J connectivity index is 1.91. The second-order valence-electron chi connectivity index (χ2n) is 5.27. The highest BCUT2D eigenvalue weighted by molar-refractivity contribution is 9.10. The number of thiazole rings is 1. The quantitative estimate of drug-likeness (QED) is 0.476. The molecule has 0 aliphatic heterocycles. The van der Waals surface area contributed by atoms with E-state index < -0.39 is 0 Å². The molecule has 3 heterocycles. The largest absolute Gasteiger partial charge is 0.396 e. The Morgan fingerprint density at radius 2 is 2.29 bits per heavy atom.